The van der Waals surface area contributed by atoms with E-state index in [0.717, 1.165) is 23.8 Å². The molecule has 5 aromatic rings. The fourth-order valence-electron chi connectivity index (χ4n) is 4.08. The molecule has 20 heteroatoms. The zero-order valence-electron chi connectivity index (χ0n) is 23.0. The zero-order valence-corrected chi connectivity index (χ0v) is 26.2. The Morgan fingerprint density at radius 1 is 0.848 bits per heavy atom. The van der Waals surface area contributed by atoms with Crippen LogP contribution < -0.4 is 10.6 Å². The topological polar surface area (TPSA) is 257 Å². The molecule has 1 aromatic heterocycles. The Balaban J connectivity index is 1.66. The third-order valence-corrected chi connectivity index (χ3v) is 8.68. The standard InChI is InChI=1S/C26H20ClN7O9S3/c1-13-2-4-16(5-3-13)33-34-22-20(46(41,42)43)11-14-10-18(45(38,39)40)12-19(21(14)23(22)35)29-26-31-24(27)30-25(32-26)28-15-6-8-17(9-7-15)44(36)37/h2-12,35H,1H3,(H,36,37)(H,38,39,40)(H,41,42,43)(H2,28,29,30,31,32)/p-1. The maximum absolute atomic E-state index is 12.3. The maximum atomic E-state index is 12.3. The summed E-state index contributed by atoms with van der Waals surface area (Å²) in [6.07, 6.45) is 0. The first-order valence-electron chi connectivity index (χ1n) is 12.5. The average Bonchev–Trinajstić information content (AvgIpc) is 2.96. The molecular weight excluding hydrogens is 686 g/mol. The molecule has 0 aliphatic carbocycles. The Kier molecular flexibility index (Phi) is 9.00. The van der Waals surface area contributed by atoms with Crippen molar-refractivity contribution in [2.75, 3.05) is 10.6 Å². The number of halogens is 1. The molecule has 0 bridgehead atoms. The summed E-state index contributed by atoms with van der Waals surface area (Å²) in [6.45, 7) is 1.83. The largest absolute Gasteiger partial charge is 0.768 e. The van der Waals surface area contributed by atoms with Gasteiger partial charge in [-0.15, -0.1) is 5.11 Å². The molecule has 0 fully saturated rings. The molecule has 0 radical (unpaired) electrons. The summed E-state index contributed by atoms with van der Waals surface area (Å²) in [5.74, 6) is -1.30. The predicted octanol–water partition coefficient (Wildman–Crippen LogP) is 5.33. The number of aromatic hydroxyl groups is 1. The van der Waals surface area contributed by atoms with Crippen LogP contribution in [0.1, 0.15) is 5.56 Å². The molecule has 238 valence electrons. The minimum atomic E-state index is -5.07. The summed E-state index contributed by atoms with van der Waals surface area (Å²) in [4.78, 5) is 10.4. The highest BCUT2D eigenvalue weighted by molar-refractivity contribution is 7.86. The number of rotatable bonds is 9. The van der Waals surface area contributed by atoms with Crippen LogP contribution in [0.25, 0.3) is 10.8 Å². The van der Waals surface area contributed by atoms with Crippen LogP contribution in [0.15, 0.2) is 91.6 Å². The Morgan fingerprint density at radius 3 is 2.07 bits per heavy atom. The molecule has 5 rings (SSSR count). The summed E-state index contributed by atoms with van der Waals surface area (Å²) < 4.78 is 90.9. The van der Waals surface area contributed by atoms with Gasteiger partial charge in [0.2, 0.25) is 17.2 Å². The first kappa shape index (κ1) is 32.8. The van der Waals surface area contributed by atoms with Crippen LogP contribution in [-0.4, -0.2) is 54.8 Å². The smallest absolute Gasteiger partial charge is 0.296 e. The third-order valence-electron chi connectivity index (χ3n) is 6.16. The number of aromatic nitrogens is 3. The predicted molar refractivity (Wildman–Crippen MR) is 166 cm³/mol. The van der Waals surface area contributed by atoms with E-state index in [1.807, 2.05) is 6.92 Å². The summed E-state index contributed by atoms with van der Waals surface area (Å²) in [6, 6.07) is 14.7. The normalized spacial score (nSPS) is 12.8. The van der Waals surface area contributed by atoms with E-state index in [-0.39, 0.29) is 44.2 Å². The van der Waals surface area contributed by atoms with Gasteiger partial charge in [-0.25, -0.2) is 0 Å². The second-order valence-corrected chi connectivity index (χ2v) is 13.5. The van der Waals surface area contributed by atoms with E-state index < -0.39 is 52.5 Å². The molecule has 0 spiro atoms. The minimum absolute atomic E-state index is 0.0295. The van der Waals surface area contributed by atoms with Crippen molar-refractivity contribution < 1.29 is 39.8 Å². The summed E-state index contributed by atoms with van der Waals surface area (Å²) in [5.41, 5.74) is 0.592. The van der Waals surface area contributed by atoms with Gasteiger partial charge in [-0.05, 0) is 89.6 Å². The first-order valence-corrected chi connectivity index (χ1v) is 16.8. The van der Waals surface area contributed by atoms with E-state index in [1.54, 1.807) is 24.3 Å². The number of nitrogens with zero attached hydrogens (tertiary/aromatic N) is 5. The van der Waals surface area contributed by atoms with Crippen LogP contribution in [-0.2, 0) is 31.3 Å². The van der Waals surface area contributed by atoms with E-state index in [1.165, 1.54) is 24.3 Å². The van der Waals surface area contributed by atoms with E-state index in [9.17, 15) is 39.8 Å². The van der Waals surface area contributed by atoms with Crippen molar-refractivity contribution in [3.63, 3.8) is 0 Å². The number of hydrogen-bond donors (Lipinski definition) is 5. The van der Waals surface area contributed by atoms with Crippen LogP contribution in [0.4, 0.5) is 34.6 Å². The SMILES string of the molecule is Cc1ccc(N=Nc2c(S(=O)(=O)O)cc3cc(S(=O)(=O)O)cc(Nc4nc(Cl)nc(Nc5ccc(S(=O)[O-])cc5)n4)c3c2O)cc1. The van der Waals surface area contributed by atoms with Gasteiger partial charge in [0.25, 0.3) is 20.2 Å². The van der Waals surface area contributed by atoms with Crippen molar-refractivity contribution in [1.82, 2.24) is 15.0 Å². The van der Waals surface area contributed by atoms with Crippen molar-refractivity contribution in [1.29, 1.82) is 0 Å². The highest BCUT2D eigenvalue weighted by Crippen LogP contribution is 2.45. The number of anilines is 4. The van der Waals surface area contributed by atoms with Crippen LogP contribution in [0.3, 0.4) is 0 Å². The number of aryl methyl sites for hydroxylation is 1. The fourth-order valence-corrected chi connectivity index (χ4v) is 5.80. The first-order chi connectivity index (χ1) is 21.6. The number of phenols is 1. The van der Waals surface area contributed by atoms with Crippen LogP contribution in [0.2, 0.25) is 5.28 Å². The van der Waals surface area contributed by atoms with E-state index in [0.29, 0.717) is 5.69 Å². The lowest BCUT2D eigenvalue weighted by molar-refractivity contribution is 0.472. The maximum Gasteiger partial charge on any atom is 0.296 e. The zero-order chi connectivity index (χ0) is 33.4. The van der Waals surface area contributed by atoms with Crippen molar-refractivity contribution in [3.05, 3.63) is 77.6 Å². The second-order valence-electron chi connectivity index (χ2n) is 9.39. The minimum Gasteiger partial charge on any atom is -0.768 e. The van der Waals surface area contributed by atoms with Gasteiger partial charge in [0.15, 0.2) is 5.75 Å². The lowest BCUT2D eigenvalue weighted by Crippen LogP contribution is -2.06. The fraction of sp³-hybridized carbons (Fsp3) is 0.0385. The monoisotopic (exact) mass is 704 g/mol. The molecule has 4 aromatic carbocycles. The molecule has 0 amide bonds. The highest BCUT2D eigenvalue weighted by Gasteiger charge is 2.26. The summed E-state index contributed by atoms with van der Waals surface area (Å²) >= 11 is 3.63. The van der Waals surface area contributed by atoms with Crippen LogP contribution in [0, 0.1) is 6.92 Å². The highest BCUT2D eigenvalue weighted by atomic mass is 35.5. The van der Waals surface area contributed by atoms with E-state index >= 15 is 0 Å². The van der Waals surface area contributed by atoms with Gasteiger partial charge in [0.1, 0.15) is 10.6 Å². The third kappa shape index (κ3) is 7.42. The van der Waals surface area contributed by atoms with Crippen molar-refractivity contribution in [3.8, 4) is 5.75 Å². The van der Waals surface area contributed by atoms with Crippen LogP contribution in [0.5, 0.6) is 5.75 Å². The lowest BCUT2D eigenvalue weighted by atomic mass is 10.1. The summed E-state index contributed by atoms with van der Waals surface area (Å²) in [5, 5.41) is 23.7. The van der Waals surface area contributed by atoms with E-state index in [4.69, 9.17) is 11.6 Å². The Labute approximate surface area is 268 Å². The number of hydrogen-bond acceptors (Lipinski definition) is 14. The Morgan fingerprint density at radius 2 is 1.48 bits per heavy atom. The number of benzene rings is 4. The van der Waals surface area contributed by atoms with Gasteiger partial charge >= 0.3 is 0 Å². The molecule has 0 saturated heterocycles. The molecular formula is C26H19ClN7O9S3-. The molecule has 0 aliphatic heterocycles. The van der Waals surface area contributed by atoms with Crippen molar-refractivity contribution in [2.45, 2.75) is 21.6 Å². The molecule has 16 nitrogen and oxygen atoms in total. The van der Waals surface area contributed by atoms with Gasteiger partial charge < -0.3 is 20.3 Å². The lowest BCUT2D eigenvalue weighted by Gasteiger charge is -2.15. The molecule has 46 heavy (non-hydrogen) atoms. The molecule has 0 aliphatic rings. The molecule has 5 N–H and O–H groups in total. The van der Waals surface area contributed by atoms with Gasteiger partial charge in [-0.2, -0.15) is 36.9 Å². The molecule has 0 saturated carbocycles. The number of fused-ring (bicyclic) bond motifs is 1. The quantitative estimate of drug-likeness (QED) is 0.0738. The average molecular weight is 705 g/mol. The van der Waals surface area contributed by atoms with Gasteiger partial charge in [-0.1, -0.05) is 17.7 Å². The number of nitrogens with one attached hydrogen (secondary N) is 2. The Hall–Kier alpha value is -4.63. The second kappa shape index (κ2) is 12.6. The summed E-state index contributed by atoms with van der Waals surface area (Å²) in [7, 11) is -9.97. The molecule has 1 heterocycles. The number of azo groups is 1. The Bertz CT molecular complexity index is 2270. The van der Waals surface area contributed by atoms with Gasteiger partial charge in [-0.3, -0.25) is 13.3 Å². The van der Waals surface area contributed by atoms with E-state index in [2.05, 4.69) is 35.8 Å². The van der Waals surface area contributed by atoms with Gasteiger partial charge in [0, 0.05) is 16.0 Å². The van der Waals surface area contributed by atoms with Crippen LogP contribution >= 0.6 is 11.6 Å². The van der Waals surface area contributed by atoms with Crippen molar-refractivity contribution >= 4 is 88.3 Å². The van der Waals surface area contributed by atoms with Crippen molar-refractivity contribution in [2.24, 2.45) is 10.2 Å². The molecule has 1 unspecified atom stereocenters. The van der Waals surface area contributed by atoms with Gasteiger partial charge in [0.05, 0.1) is 16.3 Å². The molecule has 1 atom stereocenters. The number of phenolic OH excluding ortho intramolecular Hbond substituents is 1.